The number of fused-ring (bicyclic) bond motifs is 1. The van der Waals surface area contributed by atoms with E-state index < -0.39 is 0 Å². The highest BCUT2D eigenvalue weighted by molar-refractivity contribution is 5.82. The monoisotopic (exact) mass is 273 g/mol. The van der Waals surface area contributed by atoms with E-state index in [1.165, 1.54) is 0 Å². The summed E-state index contributed by atoms with van der Waals surface area (Å²) < 4.78 is 13.8. The third kappa shape index (κ3) is 2.41. The molecule has 2 aromatic rings. The van der Waals surface area contributed by atoms with Gasteiger partial charge in [-0.2, -0.15) is 0 Å². The Morgan fingerprint density at radius 2 is 2.00 bits per heavy atom. The van der Waals surface area contributed by atoms with Crippen molar-refractivity contribution in [1.82, 2.24) is 15.2 Å². The molecule has 3 rings (SSSR count). The second-order valence-corrected chi connectivity index (χ2v) is 5.63. The van der Waals surface area contributed by atoms with Crippen molar-refractivity contribution in [3.63, 3.8) is 0 Å². The predicted octanol–water partition coefficient (Wildman–Crippen LogP) is 2.56. The fourth-order valence-corrected chi connectivity index (χ4v) is 3.00. The summed E-state index contributed by atoms with van der Waals surface area (Å²) in [6.07, 6.45) is 1.73. The molecule has 1 aliphatic rings. The normalized spacial score (nSPS) is 24.1. The van der Waals surface area contributed by atoms with Gasteiger partial charge in [0.1, 0.15) is 5.82 Å². The summed E-state index contributed by atoms with van der Waals surface area (Å²) in [5, 5.41) is 4.04. The van der Waals surface area contributed by atoms with Gasteiger partial charge in [0.15, 0.2) is 0 Å². The van der Waals surface area contributed by atoms with Crippen molar-refractivity contribution in [2.75, 3.05) is 13.1 Å². The zero-order valence-electron chi connectivity index (χ0n) is 11.9. The molecule has 1 aromatic carbocycles. The molecule has 0 bridgehead atoms. The smallest absolute Gasteiger partial charge is 0.132 e. The van der Waals surface area contributed by atoms with E-state index in [0.29, 0.717) is 17.5 Å². The third-order valence-corrected chi connectivity index (χ3v) is 4.16. The van der Waals surface area contributed by atoms with E-state index in [1.807, 2.05) is 6.07 Å². The lowest BCUT2D eigenvalue weighted by Gasteiger charge is -2.39. The fraction of sp³-hybridized carbons (Fsp3) is 0.438. The van der Waals surface area contributed by atoms with Gasteiger partial charge < -0.3 is 5.32 Å². The van der Waals surface area contributed by atoms with Crippen LogP contribution >= 0.6 is 0 Å². The van der Waals surface area contributed by atoms with Crippen LogP contribution in [-0.2, 0) is 6.54 Å². The van der Waals surface area contributed by atoms with Crippen molar-refractivity contribution in [1.29, 1.82) is 0 Å². The molecule has 3 nitrogen and oxygen atoms in total. The van der Waals surface area contributed by atoms with Gasteiger partial charge in [-0.1, -0.05) is 6.07 Å². The molecule has 0 saturated carbocycles. The summed E-state index contributed by atoms with van der Waals surface area (Å²) in [7, 11) is 0. The average molecular weight is 273 g/mol. The molecular formula is C16H20FN3. The van der Waals surface area contributed by atoms with Gasteiger partial charge in [-0.25, -0.2) is 4.39 Å². The molecule has 0 radical (unpaired) electrons. The molecule has 1 aliphatic heterocycles. The summed E-state index contributed by atoms with van der Waals surface area (Å²) in [5.74, 6) is -0.196. The van der Waals surface area contributed by atoms with Crippen molar-refractivity contribution >= 4 is 10.9 Å². The van der Waals surface area contributed by atoms with Crippen LogP contribution in [-0.4, -0.2) is 35.1 Å². The van der Waals surface area contributed by atoms with Crippen LogP contribution in [0.2, 0.25) is 0 Å². The second kappa shape index (κ2) is 5.46. The highest BCUT2D eigenvalue weighted by atomic mass is 19.1. The third-order valence-electron chi connectivity index (χ3n) is 4.16. The summed E-state index contributed by atoms with van der Waals surface area (Å²) in [6.45, 7) is 7.26. The minimum absolute atomic E-state index is 0.196. The van der Waals surface area contributed by atoms with Crippen molar-refractivity contribution in [3.8, 4) is 0 Å². The van der Waals surface area contributed by atoms with Gasteiger partial charge >= 0.3 is 0 Å². The minimum Gasteiger partial charge on any atom is -0.314 e. The van der Waals surface area contributed by atoms with Crippen molar-refractivity contribution < 1.29 is 4.39 Å². The Labute approximate surface area is 118 Å². The Hall–Kier alpha value is -1.52. The SMILES string of the molecule is CC1CNCC(C)N1Cc1ccc(F)c2cccnc12. The topological polar surface area (TPSA) is 28.2 Å². The molecule has 0 spiro atoms. The van der Waals surface area contributed by atoms with E-state index in [2.05, 4.69) is 29.0 Å². The highest BCUT2D eigenvalue weighted by Gasteiger charge is 2.25. The largest absolute Gasteiger partial charge is 0.314 e. The van der Waals surface area contributed by atoms with E-state index in [1.54, 1.807) is 24.4 Å². The molecule has 1 saturated heterocycles. The molecule has 0 aliphatic carbocycles. The number of rotatable bonds is 2. The Balaban J connectivity index is 1.96. The summed E-state index contributed by atoms with van der Waals surface area (Å²) in [6, 6.07) is 7.95. The first-order valence-electron chi connectivity index (χ1n) is 7.15. The van der Waals surface area contributed by atoms with Crippen LogP contribution in [0.1, 0.15) is 19.4 Å². The summed E-state index contributed by atoms with van der Waals surface area (Å²) in [4.78, 5) is 6.83. The lowest BCUT2D eigenvalue weighted by atomic mass is 10.0. The van der Waals surface area contributed by atoms with Crippen LogP contribution in [0.15, 0.2) is 30.5 Å². The maximum atomic E-state index is 13.8. The van der Waals surface area contributed by atoms with Gasteiger partial charge in [-0.05, 0) is 37.6 Å². The molecule has 1 aromatic heterocycles. The summed E-state index contributed by atoms with van der Waals surface area (Å²) in [5.41, 5.74) is 1.88. The van der Waals surface area contributed by atoms with Crippen LogP contribution in [0.25, 0.3) is 10.9 Å². The number of benzene rings is 1. The first-order valence-corrected chi connectivity index (χ1v) is 7.15. The van der Waals surface area contributed by atoms with Gasteiger partial charge in [0, 0.05) is 43.3 Å². The molecule has 0 amide bonds. The Morgan fingerprint density at radius 3 is 2.75 bits per heavy atom. The number of pyridine rings is 1. The molecule has 2 unspecified atom stereocenters. The first-order chi connectivity index (χ1) is 9.66. The zero-order chi connectivity index (χ0) is 14.1. The van der Waals surface area contributed by atoms with Crippen molar-refractivity contribution in [2.45, 2.75) is 32.5 Å². The van der Waals surface area contributed by atoms with Crippen LogP contribution < -0.4 is 5.32 Å². The maximum absolute atomic E-state index is 13.8. The van der Waals surface area contributed by atoms with Crippen LogP contribution in [0, 0.1) is 5.82 Å². The van der Waals surface area contributed by atoms with Gasteiger partial charge in [0.2, 0.25) is 0 Å². The lowest BCUT2D eigenvalue weighted by molar-refractivity contribution is 0.109. The van der Waals surface area contributed by atoms with Gasteiger partial charge in [-0.3, -0.25) is 9.88 Å². The van der Waals surface area contributed by atoms with E-state index in [0.717, 1.165) is 30.7 Å². The zero-order valence-corrected chi connectivity index (χ0v) is 11.9. The number of halogens is 1. The van der Waals surface area contributed by atoms with Crippen molar-refractivity contribution in [2.24, 2.45) is 0 Å². The standard InChI is InChI=1S/C16H20FN3/c1-11-8-18-9-12(2)20(11)10-13-5-6-15(17)14-4-3-7-19-16(13)14/h3-7,11-12,18H,8-10H2,1-2H3. The average Bonchev–Trinajstić information content (AvgIpc) is 2.46. The Bertz CT molecular complexity index is 604. The molecule has 4 heteroatoms. The van der Waals surface area contributed by atoms with E-state index in [4.69, 9.17) is 0 Å². The molecule has 106 valence electrons. The quantitative estimate of drug-likeness (QED) is 0.911. The van der Waals surface area contributed by atoms with Crippen LogP contribution in [0.3, 0.4) is 0 Å². The number of aromatic nitrogens is 1. The van der Waals surface area contributed by atoms with E-state index in [9.17, 15) is 4.39 Å². The molecular weight excluding hydrogens is 253 g/mol. The number of nitrogens with zero attached hydrogens (tertiary/aromatic N) is 2. The molecule has 2 atom stereocenters. The predicted molar refractivity (Wildman–Crippen MR) is 79.0 cm³/mol. The van der Waals surface area contributed by atoms with Gasteiger partial charge in [0.05, 0.1) is 5.52 Å². The number of hydrogen-bond acceptors (Lipinski definition) is 3. The fourth-order valence-electron chi connectivity index (χ4n) is 3.00. The van der Waals surface area contributed by atoms with Gasteiger partial charge in [-0.15, -0.1) is 0 Å². The lowest BCUT2D eigenvalue weighted by Crippen LogP contribution is -2.54. The number of piperazine rings is 1. The van der Waals surface area contributed by atoms with Gasteiger partial charge in [0.25, 0.3) is 0 Å². The van der Waals surface area contributed by atoms with Crippen molar-refractivity contribution in [3.05, 3.63) is 41.8 Å². The minimum atomic E-state index is -0.196. The molecule has 1 fully saturated rings. The van der Waals surface area contributed by atoms with Crippen LogP contribution in [0.5, 0.6) is 0 Å². The Morgan fingerprint density at radius 1 is 1.25 bits per heavy atom. The molecule has 1 N–H and O–H groups in total. The molecule has 2 heterocycles. The second-order valence-electron chi connectivity index (χ2n) is 5.63. The maximum Gasteiger partial charge on any atom is 0.132 e. The first kappa shape index (κ1) is 13.5. The highest BCUT2D eigenvalue weighted by Crippen LogP contribution is 2.23. The number of hydrogen-bond donors (Lipinski definition) is 1. The molecule has 20 heavy (non-hydrogen) atoms. The van der Waals surface area contributed by atoms with E-state index >= 15 is 0 Å². The number of nitrogens with one attached hydrogen (secondary N) is 1. The van der Waals surface area contributed by atoms with Crippen LogP contribution in [0.4, 0.5) is 4.39 Å². The van der Waals surface area contributed by atoms with E-state index in [-0.39, 0.29) is 5.82 Å². The Kier molecular flexibility index (Phi) is 3.68. The summed E-state index contributed by atoms with van der Waals surface area (Å²) >= 11 is 0.